The molecule has 3 atom stereocenters. The van der Waals surface area contributed by atoms with Crippen molar-refractivity contribution in [3.63, 3.8) is 0 Å². The lowest BCUT2D eigenvalue weighted by Crippen LogP contribution is -2.45. The first-order chi connectivity index (χ1) is 8.47. The molecule has 2 rings (SSSR count). The molecule has 0 saturated carbocycles. The lowest BCUT2D eigenvalue weighted by Gasteiger charge is -2.41. The number of nitrogens with zero attached hydrogens (tertiary/aromatic N) is 1. The summed E-state index contributed by atoms with van der Waals surface area (Å²) in [5.41, 5.74) is 9.42. The zero-order valence-electron chi connectivity index (χ0n) is 12.1. The average molecular weight is 246 g/mol. The van der Waals surface area contributed by atoms with Gasteiger partial charge in [0.2, 0.25) is 0 Å². The minimum absolute atomic E-state index is 0.670. The van der Waals surface area contributed by atoms with Gasteiger partial charge in [-0.2, -0.15) is 0 Å². The fourth-order valence-electron chi connectivity index (χ4n) is 3.06. The van der Waals surface area contributed by atoms with Crippen molar-refractivity contribution in [3.05, 3.63) is 29.3 Å². The minimum atomic E-state index is 0.670. The maximum absolute atomic E-state index is 6.00. The molecule has 18 heavy (non-hydrogen) atoms. The molecule has 0 radical (unpaired) electrons. The van der Waals surface area contributed by atoms with Crippen molar-refractivity contribution in [2.24, 2.45) is 11.8 Å². The van der Waals surface area contributed by atoms with Crippen molar-refractivity contribution in [3.8, 4) is 0 Å². The molecule has 3 unspecified atom stereocenters. The van der Waals surface area contributed by atoms with Gasteiger partial charge in [0.1, 0.15) is 0 Å². The number of piperidine rings is 1. The molecular weight excluding hydrogens is 220 g/mol. The maximum atomic E-state index is 6.00. The molecule has 2 heteroatoms. The molecule has 2 nitrogen and oxygen atoms in total. The largest absolute Gasteiger partial charge is 0.399 e. The fourth-order valence-corrected chi connectivity index (χ4v) is 3.06. The smallest absolute Gasteiger partial charge is 0.0346 e. The van der Waals surface area contributed by atoms with E-state index in [0.29, 0.717) is 6.04 Å². The molecule has 0 amide bonds. The Bertz CT molecular complexity index is 414. The second-order valence-corrected chi connectivity index (χ2v) is 6.18. The highest BCUT2D eigenvalue weighted by Gasteiger charge is 2.28. The van der Waals surface area contributed by atoms with Crippen LogP contribution < -0.4 is 5.73 Å². The number of aryl methyl sites for hydroxylation is 1. The van der Waals surface area contributed by atoms with Crippen LogP contribution in [0.5, 0.6) is 0 Å². The molecule has 1 aliphatic heterocycles. The molecule has 0 aromatic heterocycles. The number of rotatable bonds is 2. The van der Waals surface area contributed by atoms with Crippen LogP contribution in [0.25, 0.3) is 0 Å². The van der Waals surface area contributed by atoms with E-state index in [4.69, 9.17) is 5.73 Å². The molecule has 1 aliphatic rings. The molecule has 0 bridgehead atoms. The average Bonchev–Trinajstić information content (AvgIpc) is 2.30. The van der Waals surface area contributed by atoms with Crippen molar-refractivity contribution < 1.29 is 0 Å². The fraction of sp³-hybridized carbons (Fsp3) is 0.625. The van der Waals surface area contributed by atoms with Gasteiger partial charge in [-0.3, -0.25) is 4.90 Å². The summed E-state index contributed by atoms with van der Waals surface area (Å²) in [6, 6.07) is 7.14. The zero-order chi connectivity index (χ0) is 13.3. The summed E-state index contributed by atoms with van der Waals surface area (Å²) in [7, 11) is 0. The molecule has 1 fully saturated rings. The Labute approximate surface area is 111 Å². The molecule has 1 aromatic carbocycles. The molecular formula is C16H26N2. The predicted molar refractivity (Wildman–Crippen MR) is 78.4 cm³/mol. The number of benzene rings is 1. The lowest BCUT2D eigenvalue weighted by molar-refractivity contribution is 0.0730. The van der Waals surface area contributed by atoms with Crippen LogP contribution in [0.2, 0.25) is 0 Å². The molecule has 2 N–H and O–H groups in total. The Balaban J connectivity index is 2.09. The van der Waals surface area contributed by atoms with Crippen molar-refractivity contribution in [2.75, 3.05) is 12.3 Å². The molecule has 100 valence electrons. The van der Waals surface area contributed by atoms with E-state index in [1.807, 2.05) is 0 Å². The molecule has 0 aliphatic carbocycles. The summed E-state index contributed by atoms with van der Waals surface area (Å²) in [6.45, 7) is 11.4. The van der Waals surface area contributed by atoms with Crippen molar-refractivity contribution in [1.82, 2.24) is 4.90 Å². The van der Waals surface area contributed by atoms with E-state index in [9.17, 15) is 0 Å². The monoisotopic (exact) mass is 246 g/mol. The molecule has 1 heterocycles. The number of anilines is 1. The van der Waals surface area contributed by atoms with Gasteiger partial charge in [0.05, 0.1) is 0 Å². The van der Waals surface area contributed by atoms with Gasteiger partial charge in [-0.25, -0.2) is 0 Å². The lowest BCUT2D eigenvalue weighted by atomic mass is 9.86. The number of nitrogen functional groups attached to an aromatic ring is 1. The highest BCUT2D eigenvalue weighted by Crippen LogP contribution is 2.28. The summed E-state index contributed by atoms with van der Waals surface area (Å²) in [5, 5.41) is 0. The van der Waals surface area contributed by atoms with E-state index in [-0.39, 0.29) is 0 Å². The van der Waals surface area contributed by atoms with Crippen LogP contribution in [0.1, 0.15) is 38.3 Å². The van der Waals surface area contributed by atoms with Crippen LogP contribution >= 0.6 is 0 Å². The quantitative estimate of drug-likeness (QED) is 0.810. The summed E-state index contributed by atoms with van der Waals surface area (Å²) < 4.78 is 0. The SMILES string of the molecule is Cc1ccc(CN2CC(C)CC(C)C2C)cc1N. The summed E-state index contributed by atoms with van der Waals surface area (Å²) >= 11 is 0. The van der Waals surface area contributed by atoms with Gasteiger partial charge < -0.3 is 5.73 Å². The molecule has 0 spiro atoms. The van der Waals surface area contributed by atoms with Crippen molar-refractivity contribution >= 4 is 5.69 Å². The van der Waals surface area contributed by atoms with Crippen molar-refractivity contribution in [2.45, 2.75) is 46.7 Å². The van der Waals surface area contributed by atoms with Crippen LogP contribution in [-0.2, 0) is 6.54 Å². The number of hydrogen-bond acceptors (Lipinski definition) is 2. The van der Waals surface area contributed by atoms with E-state index >= 15 is 0 Å². The summed E-state index contributed by atoms with van der Waals surface area (Å²) in [4.78, 5) is 2.60. The Kier molecular flexibility index (Phi) is 3.96. The standard InChI is InChI=1S/C16H26N2/c1-11-7-13(3)14(4)18(9-11)10-15-6-5-12(2)16(17)8-15/h5-6,8,11,13-14H,7,9-10,17H2,1-4H3. The van der Waals surface area contributed by atoms with E-state index < -0.39 is 0 Å². The van der Waals surface area contributed by atoms with E-state index in [0.717, 1.165) is 24.1 Å². The zero-order valence-corrected chi connectivity index (χ0v) is 12.1. The van der Waals surface area contributed by atoms with Gasteiger partial charge in [0, 0.05) is 24.8 Å². The van der Waals surface area contributed by atoms with Crippen LogP contribution in [0.15, 0.2) is 18.2 Å². The van der Waals surface area contributed by atoms with Gasteiger partial charge in [-0.1, -0.05) is 26.0 Å². The number of nitrogens with two attached hydrogens (primary N) is 1. The second-order valence-electron chi connectivity index (χ2n) is 6.18. The van der Waals surface area contributed by atoms with Gasteiger partial charge in [-0.05, 0) is 49.3 Å². The molecule has 1 aromatic rings. The van der Waals surface area contributed by atoms with E-state index in [1.54, 1.807) is 0 Å². The predicted octanol–water partition coefficient (Wildman–Crippen LogP) is 3.44. The number of likely N-dealkylation sites (tertiary alicyclic amines) is 1. The Hall–Kier alpha value is -1.02. The topological polar surface area (TPSA) is 29.3 Å². The van der Waals surface area contributed by atoms with Crippen LogP contribution in [-0.4, -0.2) is 17.5 Å². The summed E-state index contributed by atoms with van der Waals surface area (Å²) in [6.07, 6.45) is 1.35. The first-order valence-corrected chi connectivity index (χ1v) is 7.06. The first-order valence-electron chi connectivity index (χ1n) is 7.06. The van der Waals surface area contributed by atoms with E-state index in [2.05, 4.69) is 50.8 Å². The van der Waals surface area contributed by atoms with Gasteiger partial charge >= 0.3 is 0 Å². The highest BCUT2D eigenvalue weighted by atomic mass is 15.2. The second kappa shape index (κ2) is 5.31. The summed E-state index contributed by atoms with van der Waals surface area (Å²) in [5.74, 6) is 1.59. The van der Waals surface area contributed by atoms with Crippen molar-refractivity contribution in [1.29, 1.82) is 0 Å². The van der Waals surface area contributed by atoms with Gasteiger partial charge in [0.15, 0.2) is 0 Å². The van der Waals surface area contributed by atoms with Crippen LogP contribution in [0.3, 0.4) is 0 Å². The van der Waals surface area contributed by atoms with E-state index in [1.165, 1.54) is 24.1 Å². The Morgan fingerprint density at radius 3 is 2.67 bits per heavy atom. The normalized spacial score (nSPS) is 29.4. The third-order valence-corrected chi connectivity index (χ3v) is 4.45. The Morgan fingerprint density at radius 2 is 2.00 bits per heavy atom. The molecule has 1 saturated heterocycles. The third kappa shape index (κ3) is 2.86. The first kappa shape index (κ1) is 13.4. The Morgan fingerprint density at radius 1 is 1.28 bits per heavy atom. The minimum Gasteiger partial charge on any atom is -0.399 e. The van der Waals surface area contributed by atoms with Crippen LogP contribution in [0, 0.1) is 18.8 Å². The van der Waals surface area contributed by atoms with Crippen LogP contribution in [0.4, 0.5) is 5.69 Å². The van der Waals surface area contributed by atoms with Gasteiger partial charge in [0.25, 0.3) is 0 Å². The van der Waals surface area contributed by atoms with Gasteiger partial charge in [-0.15, -0.1) is 0 Å². The third-order valence-electron chi connectivity index (χ3n) is 4.45. The number of hydrogen-bond donors (Lipinski definition) is 1. The maximum Gasteiger partial charge on any atom is 0.0346 e. The highest BCUT2D eigenvalue weighted by molar-refractivity contribution is 5.48.